The highest BCUT2D eigenvalue weighted by atomic mass is 32.1. The molecule has 0 radical (unpaired) electrons. The topological polar surface area (TPSA) is 15.3 Å². The Bertz CT molecular complexity index is 376. The van der Waals surface area contributed by atoms with Gasteiger partial charge in [-0.25, -0.2) is 0 Å². The van der Waals surface area contributed by atoms with Gasteiger partial charge in [0.2, 0.25) is 0 Å². The van der Waals surface area contributed by atoms with Gasteiger partial charge in [-0.05, 0) is 25.1 Å². The quantitative estimate of drug-likeness (QED) is 0.726. The molecule has 0 spiro atoms. The van der Waals surface area contributed by atoms with E-state index in [0.29, 0.717) is 6.04 Å². The van der Waals surface area contributed by atoms with E-state index in [4.69, 9.17) is 6.42 Å². The molecule has 0 saturated heterocycles. The van der Waals surface area contributed by atoms with Crippen LogP contribution in [0.3, 0.4) is 0 Å². The Hall–Kier alpha value is -0.820. The van der Waals surface area contributed by atoms with E-state index >= 15 is 0 Å². The lowest BCUT2D eigenvalue weighted by atomic mass is 10.3. The van der Waals surface area contributed by atoms with Crippen LogP contribution in [0, 0.1) is 12.3 Å². The first-order chi connectivity index (χ1) is 8.65. The molecule has 0 aromatic carbocycles. The van der Waals surface area contributed by atoms with Crippen molar-refractivity contribution in [2.45, 2.75) is 46.3 Å². The van der Waals surface area contributed by atoms with Gasteiger partial charge in [-0.15, -0.1) is 17.8 Å². The lowest BCUT2D eigenvalue weighted by Gasteiger charge is -2.17. The average Bonchev–Trinajstić information content (AvgIpc) is 2.75. The van der Waals surface area contributed by atoms with Crippen LogP contribution in [-0.4, -0.2) is 24.0 Å². The molecule has 0 amide bonds. The Kier molecular flexibility index (Phi) is 7.04. The second kappa shape index (κ2) is 8.31. The summed E-state index contributed by atoms with van der Waals surface area (Å²) in [5, 5.41) is 3.44. The van der Waals surface area contributed by atoms with Gasteiger partial charge in [0.05, 0.1) is 6.54 Å². The normalized spacial score (nSPS) is 11.1. The van der Waals surface area contributed by atoms with Gasteiger partial charge in [-0.1, -0.05) is 26.7 Å². The van der Waals surface area contributed by atoms with E-state index in [1.807, 2.05) is 11.3 Å². The Balaban J connectivity index is 2.48. The molecule has 1 N–H and O–H groups in total. The fraction of sp³-hybridized carbons (Fsp3) is 0.600. The molecule has 0 bridgehead atoms. The Labute approximate surface area is 115 Å². The summed E-state index contributed by atoms with van der Waals surface area (Å²) in [6.07, 6.45) is 6.55. The van der Waals surface area contributed by atoms with Crippen LogP contribution in [0.15, 0.2) is 12.1 Å². The highest BCUT2D eigenvalue weighted by Gasteiger charge is 2.06. The number of nitrogens with one attached hydrogen (secondary N) is 1. The number of rotatable bonds is 8. The van der Waals surface area contributed by atoms with Crippen molar-refractivity contribution in [3.05, 3.63) is 21.9 Å². The average molecular weight is 264 g/mol. The molecule has 1 heterocycles. The molecule has 3 heteroatoms. The van der Waals surface area contributed by atoms with Gasteiger partial charge in [0.15, 0.2) is 0 Å². The lowest BCUT2D eigenvalue weighted by molar-refractivity contribution is 0.302. The van der Waals surface area contributed by atoms with E-state index in [-0.39, 0.29) is 0 Å². The SMILES string of the molecule is C#CCN(CCC)Cc1ccc(CNC(C)C)s1. The van der Waals surface area contributed by atoms with E-state index in [9.17, 15) is 0 Å². The number of hydrogen-bond acceptors (Lipinski definition) is 3. The van der Waals surface area contributed by atoms with Crippen molar-refractivity contribution in [3.8, 4) is 12.3 Å². The third kappa shape index (κ3) is 5.68. The molecule has 100 valence electrons. The molecule has 0 aliphatic carbocycles. The Morgan fingerprint density at radius 2 is 2.11 bits per heavy atom. The van der Waals surface area contributed by atoms with E-state index in [1.54, 1.807) is 0 Å². The Morgan fingerprint density at radius 3 is 2.72 bits per heavy atom. The van der Waals surface area contributed by atoms with E-state index in [2.05, 4.69) is 49.0 Å². The van der Waals surface area contributed by atoms with Crippen molar-refractivity contribution < 1.29 is 0 Å². The van der Waals surface area contributed by atoms with Gasteiger partial charge in [-0.3, -0.25) is 4.90 Å². The first-order valence-electron chi connectivity index (χ1n) is 6.62. The van der Waals surface area contributed by atoms with Crippen molar-refractivity contribution in [3.63, 3.8) is 0 Å². The second-order valence-corrected chi connectivity index (χ2v) is 6.07. The molecule has 1 aromatic rings. The molecule has 0 unspecified atom stereocenters. The van der Waals surface area contributed by atoms with Crippen LogP contribution in [0.25, 0.3) is 0 Å². The first-order valence-corrected chi connectivity index (χ1v) is 7.44. The first kappa shape index (κ1) is 15.2. The van der Waals surface area contributed by atoms with Crippen molar-refractivity contribution in [2.24, 2.45) is 0 Å². The van der Waals surface area contributed by atoms with Crippen molar-refractivity contribution in [1.29, 1.82) is 0 Å². The van der Waals surface area contributed by atoms with Gasteiger partial charge in [0, 0.05) is 28.9 Å². The van der Waals surface area contributed by atoms with E-state index in [1.165, 1.54) is 9.75 Å². The van der Waals surface area contributed by atoms with Crippen LogP contribution >= 0.6 is 11.3 Å². The fourth-order valence-electron chi connectivity index (χ4n) is 1.79. The predicted molar refractivity (Wildman–Crippen MR) is 80.7 cm³/mol. The molecular formula is C15H24N2S. The fourth-order valence-corrected chi connectivity index (χ4v) is 2.80. The third-order valence-electron chi connectivity index (χ3n) is 2.64. The third-order valence-corrected chi connectivity index (χ3v) is 3.71. The molecule has 1 aromatic heterocycles. The summed E-state index contributed by atoms with van der Waals surface area (Å²) in [6.45, 7) is 10.3. The van der Waals surface area contributed by atoms with Gasteiger partial charge >= 0.3 is 0 Å². The molecular weight excluding hydrogens is 240 g/mol. The maximum atomic E-state index is 5.40. The highest BCUT2D eigenvalue weighted by molar-refractivity contribution is 7.11. The second-order valence-electron chi connectivity index (χ2n) is 4.82. The highest BCUT2D eigenvalue weighted by Crippen LogP contribution is 2.18. The summed E-state index contributed by atoms with van der Waals surface area (Å²) < 4.78 is 0. The smallest absolute Gasteiger partial charge is 0.0602 e. The van der Waals surface area contributed by atoms with Crippen LogP contribution in [-0.2, 0) is 13.1 Å². The summed E-state index contributed by atoms with van der Waals surface area (Å²) in [4.78, 5) is 5.13. The van der Waals surface area contributed by atoms with Crippen LogP contribution in [0.2, 0.25) is 0 Å². The van der Waals surface area contributed by atoms with Gasteiger partial charge in [0.25, 0.3) is 0 Å². The molecule has 0 aliphatic heterocycles. The molecule has 0 aliphatic rings. The van der Waals surface area contributed by atoms with Crippen LogP contribution in [0.1, 0.15) is 36.9 Å². The lowest BCUT2D eigenvalue weighted by Crippen LogP contribution is -2.23. The van der Waals surface area contributed by atoms with Gasteiger partial charge in [0.1, 0.15) is 0 Å². The van der Waals surface area contributed by atoms with Gasteiger partial charge in [-0.2, -0.15) is 0 Å². The molecule has 2 nitrogen and oxygen atoms in total. The summed E-state index contributed by atoms with van der Waals surface area (Å²) in [7, 11) is 0. The molecule has 0 atom stereocenters. The minimum atomic E-state index is 0.536. The predicted octanol–water partition coefficient (Wildman–Crippen LogP) is 3.09. The maximum absolute atomic E-state index is 5.40. The van der Waals surface area contributed by atoms with Crippen molar-refractivity contribution in [2.75, 3.05) is 13.1 Å². The van der Waals surface area contributed by atoms with Gasteiger partial charge < -0.3 is 5.32 Å². The van der Waals surface area contributed by atoms with Crippen molar-refractivity contribution in [1.82, 2.24) is 10.2 Å². The standard InChI is InChI=1S/C15H24N2S/c1-5-9-17(10-6-2)12-15-8-7-14(18-15)11-16-13(3)4/h1,7-8,13,16H,6,9-12H2,2-4H3. The minimum absolute atomic E-state index is 0.536. The molecule has 18 heavy (non-hydrogen) atoms. The molecule has 0 saturated carbocycles. The summed E-state index contributed by atoms with van der Waals surface area (Å²) in [5.41, 5.74) is 0. The number of terminal acetylenes is 1. The largest absolute Gasteiger partial charge is 0.310 e. The Morgan fingerprint density at radius 1 is 1.39 bits per heavy atom. The summed E-state index contributed by atoms with van der Waals surface area (Å²) in [6, 6.07) is 4.98. The van der Waals surface area contributed by atoms with E-state index < -0.39 is 0 Å². The van der Waals surface area contributed by atoms with Crippen LogP contribution in [0.5, 0.6) is 0 Å². The molecule has 0 fully saturated rings. The summed E-state index contributed by atoms with van der Waals surface area (Å²) >= 11 is 1.88. The summed E-state index contributed by atoms with van der Waals surface area (Å²) in [5.74, 6) is 2.74. The number of nitrogens with zero attached hydrogens (tertiary/aromatic N) is 1. The van der Waals surface area contributed by atoms with Crippen LogP contribution < -0.4 is 5.32 Å². The van der Waals surface area contributed by atoms with Crippen LogP contribution in [0.4, 0.5) is 0 Å². The monoisotopic (exact) mass is 264 g/mol. The molecule has 1 rings (SSSR count). The zero-order valence-corrected chi connectivity index (χ0v) is 12.5. The number of thiophene rings is 1. The van der Waals surface area contributed by atoms with E-state index in [0.717, 1.165) is 32.6 Å². The minimum Gasteiger partial charge on any atom is -0.310 e. The maximum Gasteiger partial charge on any atom is 0.0602 e. The number of hydrogen-bond donors (Lipinski definition) is 1. The zero-order valence-electron chi connectivity index (χ0n) is 11.7. The zero-order chi connectivity index (χ0) is 13.4. The van der Waals surface area contributed by atoms with Crippen molar-refractivity contribution >= 4 is 11.3 Å².